The molecule has 0 aliphatic carbocycles. The molecule has 2 amide bonds. The standard InChI is InChI=1S/C19H25FN2O4/c1-19(2,3)18(25)22-9-7-13(8-10-22)17(24)26-12-16(23)21-15-6-4-5-14(20)11-15/h4-6,11,13H,7-10,12H2,1-3H3,(H,21,23). The van der Waals surface area contributed by atoms with Gasteiger partial charge in [0.25, 0.3) is 5.91 Å². The summed E-state index contributed by atoms with van der Waals surface area (Å²) in [6, 6.07) is 5.47. The summed E-state index contributed by atoms with van der Waals surface area (Å²) in [6.07, 6.45) is 1.04. The van der Waals surface area contributed by atoms with Gasteiger partial charge in [0.2, 0.25) is 5.91 Å². The van der Waals surface area contributed by atoms with E-state index in [1.807, 2.05) is 20.8 Å². The first-order valence-corrected chi connectivity index (χ1v) is 8.68. The molecule has 1 saturated heterocycles. The minimum Gasteiger partial charge on any atom is -0.455 e. The van der Waals surface area contributed by atoms with Crippen molar-refractivity contribution < 1.29 is 23.5 Å². The molecule has 1 aromatic carbocycles. The van der Waals surface area contributed by atoms with Crippen molar-refractivity contribution in [3.8, 4) is 0 Å². The molecular formula is C19H25FN2O4. The lowest BCUT2D eigenvalue weighted by Gasteiger charge is -2.34. The van der Waals surface area contributed by atoms with Crippen LogP contribution in [0.4, 0.5) is 10.1 Å². The molecular weight excluding hydrogens is 339 g/mol. The van der Waals surface area contributed by atoms with Crippen LogP contribution in [0, 0.1) is 17.2 Å². The third-order valence-electron chi connectivity index (χ3n) is 4.21. The van der Waals surface area contributed by atoms with E-state index in [1.54, 1.807) is 11.0 Å². The van der Waals surface area contributed by atoms with Crippen LogP contribution in [-0.4, -0.2) is 42.4 Å². The lowest BCUT2D eigenvalue weighted by Crippen LogP contribution is -2.45. The number of rotatable bonds is 4. The number of hydrogen-bond acceptors (Lipinski definition) is 4. The molecule has 1 aliphatic heterocycles. The van der Waals surface area contributed by atoms with Gasteiger partial charge in [-0.25, -0.2) is 4.39 Å². The fourth-order valence-corrected chi connectivity index (χ4v) is 2.81. The second-order valence-corrected chi connectivity index (χ2v) is 7.48. The molecule has 7 heteroatoms. The molecule has 1 N–H and O–H groups in total. The second-order valence-electron chi connectivity index (χ2n) is 7.48. The van der Waals surface area contributed by atoms with Gasteiger partial charge in [-0.3, -0.25) is 14.4 Å². The lowest BCUT2D eigenvalue weighted by molar-refractivity contribution is -0.155. The van der Waals surface area contributed by atoms with Crippen LogP contribution >= 0.6 is 0 Å². The Morgan fingerprint density at radius 3 is 2.46 bits per heavy atom. The van der Waals surface area contributed by atoms with E-state index in [0.29, 0.717) is 31.6 Å². The lowest BCUT2D eigenvalue weighted by atomic mass is 9.91. The summed E-state index contributed by atoms with van der Waals surface area (Å²) in [4.78, 5) is 37.9. The zero-order valence-electron chi connectivity index (χ0n) is 15.4. The molecule has 1 heterocycles. The molecule has 0 unspecified atom stereocenters. The zero-order chi connectivity index (χ0) is 19.3. The predicted octanol–water partition coefficient (Wildman–Crippen LogP) is 2.59. The van der Waals surface area contributed by atoms with Crippen molar-refractivity contribution in [3.63, 3.8) is 0 Å². The predicted molar refractivity (Wildman–Crippen MR) is 94.7 cm³/mol. The van der Waals surface area contributed by atoms with Crippen LogP contribution in [0.5, 0.6) is 0 Å². The number of anilines is 1. The quantitative estimate of drug-likeness (QED) is 0.833. The van der Waals surface area contributed by atoms with Crippen molar-refractivity contribution in [2.75, 3.05) is 25.0 Å². The first-order valence-electron chi connectivity index (χ1n) is 8.68. The van der Waals surface area contributed by atoms with E-state index in [9.17, 15) is 18.8 Å². The van der Waals surface area contributed by atoms with Gasteiger partial charge >= 0.3 is 5.97 Å². The van der Waals surface area contributed by atoms with Crippen LogP contribution in [0.2, 0.25) is 0 Å². The van der Waals surface area contributed by atoms with Crippen molar-refractivity contribution in [3.05, 3.63) is 30.1 Å². The van der Waals surface area contributed by atoms with Crippen molar-refractivity contribution in [2.45, 2.75) is 33.6 Å². The Labute approximate surface area is 152 Å². The number of carbonyl (C=O) groups excluding carboxylic acids is 3. The fourth-order valence-electron chi connectivity index (χ4n) is 2.81. The number of likely N-dealkylation sites (tertiary alicyclic amines) is 1. The molecule has 0 spiro atoms. The number of carbonyl (C=O) groups is 3. The highest BCUT2D eigenvalue weighted by Crippen LogP contribution is 2.24. The first kappa shape index (κ1) is 19.9. The SMILES string of the molecule is CC(C)(C)C(=O)N1CCC(C(=O)OCC(=O)Nc2cccc(F)c2)CC1. The highest BCUT2D eigenvalue weighted by molar-refractivity contribution is 5.92. The number of piperidine rings is 1. The van der Waals surface area contributed by atoms with Gasteiger partial charge in [0.15, 0.2) is 6.61 Å². The number of esters is 1. The highest BCUT2D eigenvalue weighted by atomic mass is 19.1. The zero-order valence-corrected chi connectivity index (χ0v) is 15.4. The number of nitrogens with one attached hydrogen (secondary N) is 1. The van der Waals surface area contributed by atoms with E-state index in [1.165, 1.54) is 18.2 Å². The third kappa shape index (κ3) is 5.54. The van der Waals surface area contributed by atoms with Crippen LogP contribution in [0.1, 0.15) is 33.6 Å². The summed E-state index contributed by atoms with van der Waals surface area (Å²) < 4.78 is 18.1. The number of halogens is 1. The third-order valence-corrected chi connectivity index (χ3v) is 4.21. The average molecular weight is 364 g/mol. The minimum atomic E-state index is -0.524. The molecule has 0 atom stereocenters. The van der Waals surface area contributed by atoms with Crippen molar-refractivity contribution >= 4 is 23.5 Å². The van der Waals surface area contributed by atoms with Crippen LogP contribution in [0.3, 0.4) is 0 Å². The molecule has 6 nitrogen and oxygen atoms in total. The Kier molecular flexibility index (Phi) is 6.34. The van der Waals surface area contributed by atoms with Gasteiger partial charge in [0, 0.05) is 24.2 Å². The highest BCUT2D eigenvalue weighted by Gasteiger charge is 2.33. The Bertz CT molecular complexity index is 676. The summed E-state index contributed by atoms with van der Waals surface area (Å²) >= 11 is 0. The number of amides is 2. The van der Waals surface area contributed by atoms with E-state index in [4.69, 9.17) is 4.74 Å². The average Bonchev–Trinajstić information content (AvgIpc) is 2.58. The number of nitrogens with zero attached hydrogens (tertiary/aromatic N) is 1. The largest absolute Gasteiger partial charge is 0.455 e. The topological polar surface area (TPSA) is 75.7 Å². The molecule has 26 heavy (non-hydrogen) atoms. The van der Waals surface area contributed by atoms with E-state index in [0.717, 1.165) is 0 Å². The van der Waals surface area contributed by atoms with Crippen molar-refractivity contribution in [2.24, 2.45) is 11.3 Å². The van der Waals surface area contributed by atoms with Gasteiger partial charge in [-0.2, -0.15) is 0 Å². The van der Waals surface area contributed by atoms with Crippen LogP contribution < -0.4 is 5.32 Å². The molecule has 0 bridgehead atoms. The molecule has 1 fully saturated rings. The maximum Gasteiger partial charge on any atom is 0.309 e. The molecule has 2 rings (SSSR count). The fraction of sp³-hybridized carbons (Fsp3) is 0.526. The number of benzene rings is 1. The molecule has 0 saturated carbocycles. The van der Waals surface area contributed by atoms with Gasteiger partial charge in [0.1, 0.15) is 5.82 Å². The van der Waals surface area contributed by atoms with Crippen LogP contribution in [0.25, 0.3) is 0 Å². The monoisotopic (exact) mass is 364 g/mol. The summed E-state index contributed by atoms with van der Waals surface area (Å²) in [5, 5.41) is 2.47. The minimum absolute atomic E-state index is 0.0683. The Morgan fingerprint density at radius 2 is 1.88 bits per heavy atom. The Hall–Kier alpha value is -2.44. The Morgan fingerprint density at radius 1 is 1.23 bits per heavy atom. The van der Waals surface area contributed by atoms with Gasteiger partial charge in [-0.15, -0.1) is 0 Å². The summed E-state index contributed by atoms with van der Waals surface area (Å²) in [5.41, 5.74) is -0.137. The van der Waals surface area contributed by atoms with Gasteiger partial charge in [-0.05, 0) is 31.0 Å². The molecule has 142 valence electrons. The number of ether oxygens (including phenoxy) is 1. The smallest absolute Gasteiger partial charge is 0.309 e. The van der Waals surface area contributed by atoms with E-state index >= 15 is 0 Å². The molecule has 0 aromatic heterocycles. The maximum absolute atomic E-state index is 13.1. The molecule has 1 aromatic rings. The van der Waals surface area contributed by atoms with Crippen LogP contribution in [-0.2, 0) is 19.1 Å². The van der Waals surface area contributed by atoms with Crippen molar-refractivity contribution in [1.82, 2.24) is 4.90 Å². The van der Waals surface area contributed by atoms with Crippen molar-refractivity contribution in [1.29, 1.82) is 0 Å². The maximum atomic E-state index is 13.1. The van der Waals surface area contributed by atoms with E-state index < -0.39 is 29.7 Å². The number of hydrogen-bond donors (Lipinski definition) is 1. The van der Waals surface area contributed by atoms with Gasteiger partial charge < -0.3 is 15.0 Å². The normalized spacial score (nSPS) is 15.5. The van der Waals surface area contributed by atoms with E-state index in [-0.39, 0.29) is 11.8 Å². The summed E-state index contributed by atoms with van der Waals surface area (Å²) in [5.74, 6) is -1.68. The van der Waals surface area contributed by atoms with Gasteiger partial charge in [-0.1, -0.05) is 26.8 Å². The summed E-state index contributed by atoms with van der Waals surface area (Å²) in [7, 11) is 0. The van der Waals surface area contributed by atoms with E-state index in [2.05, 4.69) is 5.32 Å². The second kappa shape index (κ2) is 8.29. The molecule has 1 aliphatic rings. The Balaban J connectivity index is 1.75. The first-order chi connectivity index (χ1) is 12.2. The molecule has 0 radical (unpaired) electrons. The van der Waals surface area contributed by atoms with Gasteiger partial charge in [0.05, 0.1) is 5.92 Å². The summed E-state index contributed by atoms with van der Waals surface area (Å²) in [6.45, 7) is 6.19. The van der Waals surface area contributed by atoms with Crippen LogP contribution in [0.15, 0.2) is 24.3 Å².